The summed E-state index contributed by atoms with van der Waals surface area (Å²) in [5, 5.41) is 11.9. The minimum absolute atomic E-state index is 0.0171. The van der Waals surface area contributed by atoms with Gasteiger partial charge >= 0.3 is 0 Å². The average molecular weight is 307 g/mol. The lowest BCUT2D eigenvalue weighted by Crippen LogP contribution is -2.12. The van der Waals surface area contributed by atoms with Crippen LogP contribution in [0.4, 0.5) is 5.69 Å². The highest BCUT2D eigenvalue weighted by Gasteiger charge is 2.07. The van der Waals surface area contributed by atoms with Crippen molar-refractivity contribution in [3.8, 4) is 0 Å². The predicted molar refractivity (Wildman–Crippen MR) is 68.8 cm³/mol. The normalized spacial score (nSPS) is 10.2. The van der Waals surface area contributed by atoms with E-state index >= 15 is 0 Å². The van der Waals surface area contributed by atoms with Crippen LogP contribution in [-0.4, -0.2) is 17.6 Å². The van der Waals surface area contributed by atoms with E-state index in [1.54, 1.807) is 6.07 Å². The van der Waals surface area contributed by atoms with Crippen molar-refractivity contribution in [2.45, 2.75) is 19.8 Å². The molecule has 1 rings (SSSR count). The first-order chi connectivity index (χ1) is 7.54. The van der Waals surface area contributed by atoms with Gasteiger partial charge in [-0.2, -0.15) is 0 Å². The van der Waals surface area contributed by atoms with Crippen LogP contribution in [0.25, 0.3) is 0 Å². The van der Waals surface area contributed by atoms with E-state index in [4.69, 9.17) is 16.7 Å². The van der Waals surface area contributed by atoms with E-state index in [2.05, 4.69) is 21.2 Å². The number of aliphatic hydroxyl groups excluding tert-OH is 1. The van der Waals surface area contributed by atoms with Crippen LogP contribution in [0.15, 0.2) is 16.6 Å². The van der Waals surface area contributed by atoms with Gasteiger partial charge in [0.25, 0.3) is 0 Å². The topological polar surface area (TPSA) is 49.3 Å². The molecule has 1 aromatic carbocycles. The van der Waals surface area contributed by atoms with Crippen LogP contribution in [0.2, 0.25) is 5.02 Å². The molecule has 0 bridgehead atoms. The van der Waals surface area contributed by atoms with Gasteiger partial charge in [0.1, 0.15) is 0 Å². The van der Waals surface area contributed by atoms with Crippen molar-refractivity contribution in [1.29, 1.82) is 0 Å². The number of hydrogen-bond donors (Lipinski definition) is 2. The molecule has 2 N–H and O–H groups in total. The predicted octanol–water partition coefficient (Wildman–Crippen LogP) is 3.12. The van der Waals surface area contributed by atoms with Gasteiger partial charge in [-0.05, 0) is 47.0 Å². The molecule has 1 aromatic rings. The third kappa shape index (κ3) is 3.77. The van der Waals surface area contributed by atoms with Gasteiger partial charge in [-0.15, -0.1) is 0 Å². The third-order valence-electron chi connectivity index (χ3n) is 2.08. The maximum absolute atomic E-state index is 11.4. The lowest BCUT2D eigenvalue weighted by molar-refractivity contribution is -0.116. The van der Waals surface area contributed by atoms with E-state index in [9.17, 15) is 4.79 Å². The van der Waals surface area contributed by atoms with Gasteiger partial charge in [-0.25, -0.2) is 0 Å². The fourth-order valence-electron chi connectivity index (χ4n) is 1.19. The number of rotatable bonds is 4. The van der Waals surface area contributed by atoms with E-state index in [0.29, 0.717) is 23.6 Å². The summed E-state index contributed by atoms with van der Waals surface area (Å²) in [4.78, 5) is 11.4. The van der Waals surface area contributed by atoms with Crippen molar-refractivity contribution in [3.05, 3.63) is 27.2 Å². The Labute approximate surface area is 108 Å². The number of carbonyl (C=O) groups excluding carboxylic acids is 1. The van der Waals surface area contributed by atoms with Crippen LogP contribution in [-0.2, 0) is 4.79 Å². The monoisotopic (exact) mass is 305 g/mol. The van der Waals surface area contributed by atoms with Gasteiger partial charge in [0, 0.05) is 22.5 Å². The number of halogens is 2. The third-order valence-corrected chi connectivity index (χ3v) is 3.15. The number of amides is 1. The maximum Gasteiger partial charge on any atom is 0.224 e. The largest absolute Gasteiger partial charge is 0.396 e. The molecule has 0 aliphatic rings. The maximum atomic E-state index is 11.4. The van der Waals surface area contributed by atoms with Gasteiger partial charge in [0.05, 0.1) is 5.69 Å². The molecule has 0 radical (unpaired) electrons. The van der Waals surface area contributed by atoms with Gasteiger partial charge in [0.2, 0.25) is 5.91 Å². The number of nitrogens with one attached hydrogen (secondary N) is 1. The van der Waals surface area contributed by atoms with Crippen LogP contribution >= 0.6 is 27.5 Å². The lowest BCUT2D eigenvalue weighted by Gasteiger charge is -2.09. The molecule has 0 heterocycles. The second-order valence-corrected chi connectivity index (χ2v) is 4.72. The van der Waals surface area contributed by atoms with Gasteiger partial charge in [-0.3, -0.25) is 4.79 Å². The number of anilines is 1. The first kappa shape index (κ1) is 13.5. The minimum atomic E-state index is -0.130. The molecule has 5 heteroatoms. The first-order valence-electron chi connectivity index (χ1n) is 4.91. The Morgan fingerprint density at radius 3 is 2.88 bits per heavy atom. The standard InChI is InChI=1S/C11H13BrClNO2/c1-7-5-8(12)10(6-9(7)13)14-11(16)3-2-4-15/h5-6,15H,2-4H2,1H3,(H,14,16). The Balaban J connectivity index is 2.73. The summed E-state index contributed by atoms with van der Waals surface area (Å²) in [6.07, 6.45) is 0.761. The van der Waals surface area contributed by atoms with E-state index in [1.807, 2.05) is 13.0 Å². The van der Waals surface area contributed by atoms with Crippen LogP contribution in [0, 0.1) is 6.92 Å². The molecular weight excluding hydrogens is 293 g/mol. The smallest absolute Gasteiger partial charge is 0.224 e. The van der Waals surface area contributed by atoms with Crippen molar-refractivity contribution in [2.75, 3.05) is 11.9 Å². The highest BCUT2D eigenvalue weighted by atomic mass is 79.9. The zero-order valence-corrected chi connectivity index (χ0v) is 11.2. The van der Waals surface area contributed by atoms with Gasteiger partial charge in [-0.1, -0.05) is 11.6 Å². The van der Waals surface area contributed by atoms with E-state index in [-0.39, 0.29) is 12.5 Å². The van der Waals surface area contributed by atoms with Crippen molar-refractivity contribution in [2.24, 2.45) is 0 Å². The molecule has 0 aliphatic carbocycles. The van der Waals surface area contributed by atoms with Crippen molar-refractivity contribution in [1.82, 2.24) is 0 Å². The summed E-state index contributed by atoms with van der Waals surface area (Å²) in [6.45, 7) is 1.91. The number of aliphatic hydroxyl groups is 1. The summed E-state index contributed by atoms with van der Waals surface area (Å²) in [5.74, 6) is -0.130. The Morgan fingerprint density at radius 1 is 1.56 bits per heavy atom. The zero-order chi connectivity index (χ0) is 12.1. The lowest BCUT2D eigenvalue weighted by atomic mass is 10.2. The SMILES string of the molecule is Cc1cc(Br)c(NC(=O)CCCO)cc1Cl. The highest BCUT2D eigenvalue weighted by molar-refractivity contribution is 9.10. The summed E-state index contributed by atoms with van der Waals surface area (Å²) in [7, 11) is 0. The molecule has 88 valence electrons. The molecule has 0 saturated carbocycles. The summed E-state index contributed by atoms with van der Waals surface area (Å²) < 4.78 is 0.798. The molecule has 0 aliphatic heterocycles. The van der Waals surface area contributed by atoms with Crippen molar-refractivity contribution >= 4 is 39.1 Å². The Hall–Kier alpha value is -0.580. The molecule has 3 nitrogen and oxygen atoms in total. The Bertz CT molecular complexity index is 396. The number of carbonyl (C=O) groups is 1. The first-order valence-corrected chi connectivity index (χ1v) is 6.08. The van der Waals surface area contributed by atoms with E-state index in [0.717, 1.165) is 10.0 Å². The van der Waals surface area contributed by atoms with Crippen molar-refractivity contribution in [3.63, 3.8) is 0 Å². The Morgan fingerprint density at radius 2 is 2.25 bits per heavy atom. The summed E-state index contributed by atoms with van der Waals surface area (Å²) in [6, 6.07) is 3.56. The molecule has 0 fully saturated rings. The fourth-order valence-corrected chi connectivity index (χ4v) is 1.92. The van der Waals surface area contributed by atoms with Crippen LogP contribution < -0.4 is 5.32 Å². The van der Waals surface area contributed by atoms with E-state index in [1.165, 1.54) is 0 Å². The molecule has 0 unspecified atom stereocenters. The van der Waals surface area contributed by atoms with Gasteiger partial charge in [0.15, 0.2) is 0 Å². The average Bonchev–Trinajstić information content (AvgIpc) is 2.23. The number of aryl methyl sites for hydroxylation is 1. The molecule has 0 atom stereocenters. The summed E-state index contributed by atoms with van der Waals surface area (Å²) >= 11 is 9.32. The molecule has 16 heavy (non-hydrogen) atoms. The number of benzene rings is 1. The van der Waals surface area contributed by atoms with Crippen LogP contribution in [0.5, 0.6) is 0 Å². The highest BCUT2D eigenvalue weighted by Crippen LogP contribution is 2.29. The molecule has 0 aromatic heterocycles. The molecular formula is C11H13BrClNO2. The van der Waals surface area contributed by atoms with E-state index < -0.39 is 0 Å². The van der Waals surface area contributed by atoms with Crippen LogP contribution in [0.1, 0.15) is 18.4 Å². The van der Waals surface area contributed by atoms with Crippen molar-refractivity contribution < 1.29 is 9.90 Å². The zero-order valence-electron chi connectivity index (χ0n) is 8.89. The number of hydrogen-bond acceptors (Lipinski definition) is 2. The molecule has 0 spiro atoms. The quantitative estimate of drug-likeness (QED) is 0.898. The molecule has 0 saturated heterocycles. The van der Waals surface area contributed by atoms with Gasteiger partial charge < -0.3 is 10.4 Å². The second kappa shape index (κ2) is 6.23. The fraction of sp³-hybridized carbons (Fsp3) is 0.364. The summed E-state index contributed by atoms with van der Waals surface area (Å²) in [5.41, 5.74) is 1.60. The Kier molecular flexibility index (Phi) is 5.25. The van der Waals surface area contributed by atoms with Crippen LogP contribution in [0.3, 0.4) is 0 Å². The minimum Gasteiger partial charge on any atom is -0.396 e. The molecule has 1 amide bonds. The second-order valence-electron chi connectivity index (χ2n) is 3.46.